The molecule has 9 rings (SSSR count). The Bertz CT molecular complexity index is 2830. The first-order valence-corrected chi connectivity index (χ1v) is 18.9. The van der Waals surface area contributed by atoms with E-state index < -0.39 is 0 Å². The number of anilines is 3. The molecule has 8 aromatic carbocycles. The molecular weight excluding hydrogens is 685 g/mol. The third-order valence-corrected chi connectivity index (χ3v) is 10.7. The van der Waals surface area contributed by atoms with Crippen molar-refractivity contribution in [3.8, 4) is 44.8 Å². The van der Waals surface area contributed by atoms with Crippen molar-refractivity contribution in [3.63, 3.8) is 0 Å². The van der Waals surface area contributed by atoms with Crippen molar-refractivity contribution in [2.75, 3.05) is 12.0 Å². The van der Waals surface area contributed by atoms with Gasteiger partial charge in [0.2, 0.25) is 0 Å². The highest BCUT2D eigenvalue weighted by atomic mass is 16.5. The molecule has 0 atom stereocenters. The zero-order valence-corrected chi connectivity index (χ0v) is 31.6. The van der Waals surface area contributed by atoms with Gasteiger partial charge < -0.3 is 14.2 Å². The average Bonchev–Trinajstić information content (AvgIpc) is 3.59. The van der Waals surface area contributed by atoms with Gasteiger partial charge in [0.25, 0.3) is 0 Å². The van der Waals surface area contributed by atoms with Gasteiger partial charge in [-0.15, -0.1) is 0 Å². The topological polar surface area (TPSA) is 34.5 Å². The largest absolute Gasteiger partial charge is 0.496 e. The molecule has 0 fully saturated rings. The number of rotatable bonds is 9. The zero-order valence-electron chi connectivity index (χ0n) is 31.6. The normalized spacial score (nSPS) is 11.2. The van der Waals surface area contributed by atoms with Crippen LogP contribution in [0.3, 0.4) is 0 Å². The van der Waals surface area contributed by atoms with Crippen LogP contribution in [0.5, 0.6) is 5.75 Å². The van der Waals surface area contributed by atoms with E-state index in [9.17, 15) is 4.79 Å². The molecule has 0 saturated carbocycles. The van der Waals surface area contributed by atoms with E-state index in [1.807, 2.05) is 18.2 Å². The van der Waals surface area contributed by atoms with Gasteiger partial charge >= 0.3 is 0 Å². The summed E-state index contributed by atoms with van der Waals surface area (Å²) in [6.45, 7) is 4.22. The minimum Gasteiger partial charge on any atom is -0.496 e. The predicted octanol–water partition coefficient (Wildman–Crippen LogP) is 13.7. The van der Waals surface area contributed by atoms with Crippen LogP contribution in [0.2, 0.25) is 0 Å². The monoisotopic (exact) mass is 724 g/mol. The Hall–Kier alpha value is -7.17. The third-order valence-electron chi connectivity index (χ3n) is 10.7. The van der Waals surface area contributed by atoms with Crippen LogP contribution < -0.4 is 9.64 Å². The summed E-state index contributed by atoms with van der Waals surface area (Å²) in [6, 6.07) is 63.7. The lowest BCUT2D eigenvalue weighted by Gasteiger charge is -2.26. The van der Waals surface area contributed by atoms with Crippen LogP contribution >= 0.6 is 0 Å². The maximum atomic E-state index is 12.7. The molecule has 0 amide bonds. The van der Waals surface area contributed by atoms with Gasteiger partial charge in [0.15, 0.2) is 6.29 Å². The standard InChI is InChI=1S/C52H40N2O2/c1-35-16-23-43(24-17-35)53(44-25-18-36(2)19-26-44)45-13-9-10-37(31-45)40-21-28-48(52(33-40)56-3)46-27-20-38(30-41(46)34-55)39-22-29-51-49(32-39)47-14-7-8-15-50(47)54(51)42-11-5-4-6-12-42/h4-34H,1-3H3. The Morgan fingerprint density at radius 2 is 1.07 bits per heavy atom. The van der Waals surface area contributed by atoms with Crippen LogP contribution in [0.15, 0.2) is 182 Å². The first kappa shape index (κ1) is 34.6. The summed E-state index contributed by atoms with van der Waals surface area (Å²) in [5.41, 5.74) is 15.5. The molecule has 1 heterocycles. The first-order chi connectivity index (χ1) is 27.5. The second-order valence-electron chi connectivity index (χ2n) is 14.3. The van der Waals surface area contributed by atoms with Crippen LogP contribution in [0, 0.1) is 13.8 Å². The fourth-order valence-electron chi connectivity index (χ4n) is 7.85. The van der Waals surface area contributed by atoms with Crippen molar-refractivity contribution in [3.05, 3.63) is 199 Å². The van der Waals surface area contributed by atoms with E-state index in [0.29, 0.717) is 11.3 Å². The lowest BCUT2D eigenvalue weighted by molar-refractivity contribution is 0.112. The molecule has 0 N–H and O–H groups in total. The van der Waals surface area contributed by atoms with Gasteiger partial charge in [-0.3, -0.25) is 4.79 Å². The van der Waals surface area contributed by atoms with Crippen molar-refractivity contribution in [2.45, 2.75) is 13.8 Å². The van der Waals surface area contributed by atoms with E-state index in [0.717, 1.165) is 73.4 Å². The number of aryl methyl sites for hydroxylation is 2. The Morgan fingerprint density at radius 3 is 1.77 bits per heavy atom. The maximum Gasteiger partial charge on any atom is 0.150 e. The minimum absolute atomic E-state index is 0.606. The van der Waals surface area contributed by atoms with Gasteiger partial charge in [-0.1, -0.05) is 114 Å². The molecule has 1 aromatic heterocycles. The highest BCUT2D eigenvalue weighted by molar-refractivity contribution is 6.10. The highest BCUT2D eigenvalue weighted by Gasteiger charge is 2.18. The van der Waals surface area contributed by atoms with Crippen LogP contribution in [-0.2, 0) is 0 Å². The summed E-state index contributed by atoms with van der Waals surface area (Å²) in [5, 5.41) is 2.36. The quantitative estimate of drug-likeness (QED) is 0.139. The molecule has 270 valence electrons. The van der Waals surface area contributed by atoms with E-state index in [-0.39, 0.29) is 0 Å². The number of ether oxygens (including phenoxy) is 1. The van der Waals surface area contributed by atoms with Crippen LogP contribution in [-0.4, -0.2) is 18.0 Å². The van der Waals surface area contributed by atoms with Crippen molar-refractivity contribution in [1.29, 1.82) is 0 Å². The van der Waals surface area contributed by atoms with Gasteiger partial charge in [0.05, 0.1) is 18.1 Å². The minimum atomic E-state index is 0.606. The van der Waals surface area contributed by atoms with Gasteiger partial charge in [0.1, 0.15) is 5.75 Å². The number of aldehydes is 1. The number of carbonyl (C=O) groups excluding carboxylic acids is 1. The second kappa shape index (κ2) is 14.6. The number of fused-ring (bicyclic) bond motifs is 3. The molecule has 0 bridgehead atoms. The number of carbonyl (C=O) groups is 1. The molecule has 0 unspecified atom stereocenters. The molecule has 56 heavy (non-hydrogen) atoms. The van der Waals surface area contributed by atoms with Crippen LogP contribution in [0.1, 0.15) is 21.5 Å². The molecular formula is C52H40N2O2. The van der Waals surface area contributed by atoms with Crippen molar-refractivity contribution in [2.24, 2.45) is 0 Å². The molecule has 0 aliphatic carbocycles. The number of nitrogens with zero attached hydrogens (tertiary/aromatic N) is 2. The van der Waals surface area contributed by atoms with Gasteiger partial charge in [-0.05, 0) is 121 Å². The van der Waals surface area contributed by atoms with Crippen molar-refractivity contribution >= 4 is 45.2 Å². The Labute approximate surface area is 327 Å². The van der Waals surface area contributed by atoms with E-state index in [4.69, 9.17) is 4.74 Å². The van der Waals surface area contributed by atoms with Crippen LogP contribution in [0.25, 0.3) is 60.9 Å². The maximum absolute atomic E-state index is 12.7. The number of aromatic nitrogens is 1. The summed E-state index contributed by atoms with van der Waals surface area (Å²) < 4.78 is 8.32. The van der Waals surface area contributed by atoms with E-state index in [1.165, 1.54) is 21.9 Å². The van der Waals surface area contributed by atoms with Gasteiger partial charge in [-0.25, -0.2) is 0 Å². The molecule has 0 aliphatic rings. The Morgan fingerprint density at radius 1 is 0.482 bits per heavy atom. The first-order valence-electron chi connectivity index (χ1n) is 18.9. The number of para-hydroxylation sites is 2. The summed E-state index contributed by atoms with van der Waals surface area (Å²) >= 11 is 0. The number of hydrogen-bond acceptors (Lipinski definition) is 3. The summed E-state index contributed by atoms with van der Waals surface area (Å²) in [5.74, 6) is 0.702. The smallest absolute Gasteiger partial charge is 0.150 e. The van der Waals surface area contributed by atoms with E-state index in [2.05, 4.69) is 187 Å². The third kappa shape index (κ3) is 6.31. The zero-order chi connectivity index (χ0) is 38.2. The summed E-state index contributed by atoms with van der Waals surface area (Å²) in [7, 11) is 1.69. The molecule has 0 saturated heterocycles. The van der Waals surface area contributed by atoms with Crippen LogP contribution in [0.4, 0.5) is 17.1 Å². The predicted molar refractivity (Wildman–Crippen MR) is 233 cm³/mol. The van der Waals surface area contributed by atoms with Gasteiger partial charge in [0, 0.05) is 44.6 Å². The molecule has 9 aromatic rings. The fraction of sp³-hybridized carbons (Fsp3) is 0.0577. The molecule has 0 aliphatic heterocycles. The average molecular weight is 725 g/mol. The summed E-state index contributed by atoms with van der Waals surface area (Å²) in [4.78, 5) is 15.0. The Balaban J connectivity index is 1.07. The number of hydrogen-bond donors (Lipinski definition) is 0. The van der Waals surface area contributed by atoms with E-state index in [1.54, 1.807) is 7.11 Å². The SMILES string of the molecule is COc1cc(-c2cccc(N(c3ccc(C)cc3)c3ccc(C)cc3)c2)ccc1-c1ccc(-c2ccc3c(c2)c2ccccc2n3-c2ccccc2)cc1C=O. The lowest BCUT2D eigenvalue weighted by atomic mass is 9.93. The van der Waals surface area contributed by atoms with E-state index >= 15 is 0 Å². The number of benzene rings is 8. The fourth-order valence-corrected chi connectivity index (χ4v) is 7.85. The van der Waals surface area contributed by atoms with Crippen molar-refractivity contribution in [1.82, 2.24) is 4.57 Å². The lowest BCUT2D eigenvalue weighted by Crippen LogP contribution is -2.10. The molecule has 4 nitrogen and oxygen atoms in total. The molecule has 0 spiro atoms. The highest BCUT2D eigenvalue weighted by Crippen LogP contribution is 2.41. The Kier molecular flexibility index (Phi) is 9.00. The second-order valence-corrected chi connectivity index (χ2v) is 14.3. The molecule has 0 radical (unpaired) electrons. The number of methoxy groups -OCH3 is 1. The van der Waals surface area contributed by atoms with Crippen molar-refractivity contribution < 1.29 is 9.53 Å². The van der Waals surface area contributed by atoms with Gasteiger partial charge in [-0.2, -0.15) is 0 Å². The molecule has 4 heteroatoms. The summed E-state index contributed by atoms with van der Waals surface area (Å²) in [6.07, 6.45) is 0.945.